The van der Waals surface area contributed by atoms with E-state index in [0.29, 0.717) is 23.6 Å². The van der Waals surface area contributed by atoms with Crippen LogP contribution in [0.15, 0.2) is 29.2 Å². The lowest BCUT2D eigenvalue weighted by Gasteiger charge is -2.12. The van der Waals surface area contributed by atoms with Gasteiger partial charge < -0.3 is 9.84 Å². The Labute approximate surface area is 142 Å². The Morgan fingerprint density at radius 1 is 1.32 bits per heavy atom. The second kappa shape index (κ2) is 7.06. The summed E-state index contributed by atoms with van der Waals surface area (Å²) in [5.41, 5.74) is 0.780. The van der Waals surface area contributed by atoms with E-state index < -0.39 is 10.0 Å². The summed E-state index contributed by atoms with van der Waals surface area (Å²) < 4.78 is 32.7. The van der Waals surface area contributed by atoms with Gasteiger partial charge in [0.25, 0.3) is 10.0 Å². The lowest BCUT2D eigenvalue weighted by molar-refractivity contribution is 0.267. The molecule has 0 unspecified atom stereocenters. The van der Waals surface area contributed by atoms with Gasteiger partial charge in [-0.2, -0.15) is 0 Å². The van der Waals surface area contributed by atoms with Crippen LogP contribution in [0.3, 0.4) is 0 Å². The molecule has 0 amide bonds. The molecule has 0 saturated carbocycles. The Balaban J connectivity index is 2.32. The van der Waals surface area contributed by atoms with Gasteiger partial charge in [-0.1, -0.05) is 23.2 Å². The van der Waals surface area contributed by atoms with Crippen molar-refractivity contribution in [1.29, 1.82) is 0 Å². The molecule has 22 heavy (non-hydrogen) atoms. The molecule has 0 aliphatic heterocycles. The summed E-state index contributed by atoms with van der Waals surface area (Å²) in [7, 11) is -3.85. The lowest BCUT2D eigenvalue weighted by Crippen LogP contribution is -2.13. The van der Waals surface area contributed by atoms with Crippen LogP contribution in [0.1, 0.15) is 12.5 Å². The molecule has 1 heterocycles. The molecule has 0 radical (unpaired) electrons. The summed E-state index contributed by atoms with van der Waals surface area (Å²) >= 11 is 12.6. The smallest absolute Gasteiger partial charge is 0.264 e. The summed E-state index contributed by atoms with van der Waals surface area (Å²) in [4.78, 5) is -0.0800. The van der Waals surface area contributed by atoms with Crippen LogP contribution < -0.4 is 9.46 Å². The topological polar surface area (TPSA) is 75.6 Å². The summed E-state index contributed by atoms with van der Waals surface area (Å²) in [6.07, 6.45) is 0. The quantitative estimate of drug-likeness (QED) is 0.798. The fourth-order valence-corrected chi connectivity index (χ4v) is 4.98. The van der Waals surface area contributed by atoms with E-state index in [0.717, 1.165) is 11.3 Å². The van der Waals surface area contributed by atoms with Crippen molar-refractivity contribution in [3.63, 3.8) is 0 Å². The molecule has 0 fully saturated rings. The molecule has 2 N–H and O–H groups in total. The van der Waals surface area contributed by atoms with E-state index in [1.165, 1.54) is 12.1 Å². The van der Waals surface area contributed by atoms with Gasteiger partial charge in [0.1, 0.15) is 15.0 Å². The number of hydrogen-bond acceptors (Lipinski definition) is 5. The number of anilines is 1. The SMILES string of the molecule is CCOc1ccc(NS(=O)(=O)c2cc(Cl)sc2Cl)cc1CO. The standard InChI is InChI=1S/C13H13Cl2NO4S2/c1-2-20-10-4-3-9(5-8(10)7-17)16-22(18,19)11-6-12(14)21-13(11)15/h3-6,16-17H,2,7H2,1H3. The highest BCUT2D eigenvalue weighted by atomic mass is 35.5. The van der Waals surface area contributed by atoms with E-state index in [1.807, 2.05) is 6.92 Å². The van der Waals surface area contributed by atoms with Gasteiger partial charge in [0.15, 0.2) is 0 Å². The molecule has 2 rings (SSSR count). The molecule has 0 spiro atoms. The molecule has 0 atom stereocenters. The van der Waals surface area contributed by atoms with Crippen LogP contribution in [-0.4, -0.2) is 20.1 Å². The Bertz CT molecular complexity index is 774. The molecular weight excluding hydrogens is 369 g/mol. The molecule has 5 nitrogen and oxygen atoms in total. The summed E-state index contributed by atoms with van der Waals surface area (Å²) in [5, 5.41) is 9.34. The average molecular weight is 382 g/mol. The Morgan fingerprint density at radius 2 is 2.05 bits per heavy atom. The first-order valence-corrected chi connectivity index (χ1v) is 9.27. The first kappa shape index (κ1) is 17.4. The zero-order chi connectivity index (χ0) is 16.3. The van der Waals surface area contributed by atoms with Gasteiger partial charge in [-0.3, -0.25) is 4.72 Å². The first-order chi connectivity index (χ1) is 10.4. The first-order valence-electron chi connectivity index (χ1n) is 6.21. The van der Waals surface area contributed by atoms with Gasteiger partial charge in [-0.25, -0.2) is 8.42 Å². The predicted octanol–water partition coefficient (Wildman–Crippen LogP) is 3.75. The van der Waals surface area contributed by atoms with Gasteiger partial charge in [0.05, 0.1) is 17.6 Å². The molecule has 0 saturated heterocycles. The number of hydrogen-bond donors (Lipinski definition) is 2. The Hall–Kier alpha value is -0.990. The number of aliphatic hydroxyl groups is 1. The number of halogens is 2. The van der Waals surface area contributed by atoms with E-state index in [1.54, 1.807) is 12.1 Å². The molecule has 2 aromatic rings. The number of thiophene rings is 1. The second-order valence-corrected chi connectivity index (χ2v) is 8.14. The summed E-state index contributed by atoms with van der Waals surface area (Å²) in [6, 6.07) is 5.93. The van der Waals surface area contributed by atoms with E-state index in [4.69, 9.17) is 27.9 Å². The molecule has 0 aliphatic rings. The van der Waals surface area contributed by atoms with Crippen molar-refractivity contribution < 1.29 is 18.3 Å². The Kier molecular flexibility index (Phi) is 5.57. The normalized spacial score (nSPS) is 11.5. The molecule has 1 aromatic carbocycles. The minimum Gasteiger partial charge on any atom is -0.494 e. The van der Waals surface area contributed by atoms with Crippen LogP contribution in [0.2, 0.25) is 8.67 Å². The van der Waals surface area contributed by atoms with E-state index in [2.05, 4.69) is 4.72 Å². The number of nitrogens with one attached hydrogen (secondary N) is 1. The van der Waals surface area contributed by atoms with Gasteiger partial charge >= 0.3 is 0 Å². The largest absolute Gasteiger partial charge is 0.494 e. The zero-order valence-corrected chi connectivity index (χ0v) is 14.6. The highest BCUT2D eigenvalue weighted by Gasteiger charge is 2.21. The molecule has 1 aromatic heterocycles. The van der Waals surface area contributed by atoms with Crippen molar-refractivity contribution in [3.05, 3.63) is 38.5 Å². The highest BCUT2D eigenvalue weighted by Crippen LogP contribution is 2.35. The minimum atomic E-state index is -3.85. The van der Waals surface area contributed by atoms with E-state index in [9.17, 15) is 13.5 Å². The predicted molar refractivity (Wildman–Crippen MR) is 88.7 cm³/mol. The van der Waals surface area contributed by atoms with Crippen molar-refractivity contribution in [2.24, 2.45) is 0 Å². The second-order valence-electron chi connectivity index (χ2n) is 4.21. The number of benzene rings is 1. The van der Waals surface area contributed by atoms with Crippen molar-refractivity contribution in [2.45, 2.75) is 18.4 Å². The zero-order valence-electron chi connectivity index (χ0n) is 11.5. The summed E-state index contributed by atoms with van der Waals surface area (Å²) in [6.45, 7) is 2.00. The number of sulfonamides is 1. The fourth-order valence-electron chi connectivity index (χ4n) is 1.78. The maximum Gasteiger partial charge on any atom is 0.264 e. The van der Waals surface area contributed by atoms with Gasteiger partial charge in [-0.15, -0.1) is 11.3 Å². The van der Waals surface area contributed by atoms with E-state index >= 15 is 0 Å². The molecule has 9 heteroatoms. The third kappa shape index (κ3) is 3.85. The maximum absolute atomic E-state index is 12.3. The van der Waals surface area contributed by atoms with Crippen LogP contribution in [0.4, 0.5) is 5.69 Å². The monoisotopic (exact) mass is 381 g/mol. The van der Waals surface area contributed by atoms with Crippen LogP contribution in [0.5, 0.6) is 5.75 Å². The maximum atomic E-state index is 12.3. The van der Waals surface area contributed by atoms with Crippen molar-refractivity contribution >= 4 is 50.2 Å². The minimum absolute atomic E-state index is 0.0800. The van der Waals surface area contributed by atoms with Crippen LogP contribution in [0, 0.1) is 0 Å². The number of ether oxygens (including phenoxy) is 1. The molecule has 120 valence electrons. The van der Waals surface area contributed by atoms with Crippen molar-refractivity contribution in [2.75, 3.05) is 11.3 Å². The molecule has 0 bridgehead atoms. The average Bonchev–Trinajstić information content (AvgIpc) is 2.80. The third-order valence-electron chi connectivity index (χ3n) is 2.70. The van der Waals surface area contributed by atoms with Crippen molar-refractivity contribution in [1.82, 2.24) is 0 Å². The lowest BCUT2D eigenvalue weighted by atomic mass is 10.2. The molecule has 0 aliphatic carbocycles. The van der Waals surface area contributed by atoms with Crippen LogP contribution in [-0.2, 0) is 16.6 Å². The summed E-state index contributed by atoms with van der Waals surface area (Å²) in [5.74, 6) is 0.504. The molecular formula is C13H13Cl2NO4S2. The van der Waals surface area contributed by atoms with Crippen LogP contribution in [0.25, 0.3) is 0 Å². The van der Waals surface area contributed by atoms with Gasteiger partial charge in [-0.05, 0) is 31.2 Å². The Morgan fingerprint density at radius 3 is 2.59 bits per heavy atom. The number of aliphatic hydroxyl groups excluding tert-OH is 1. The van der Waals surface area contributed by atoms with Gasteiger partial charge in [0, 0.05) is 11.3 Å². The van der Waals surface area contributed by atoms with Crippen LogP contribution >= 0.6 is 34.5 Å². The number of rotatable bonds is 6. The third-order valence-corrected chi connectivity index (χ3v) is 5.83. The van der Waals surface area contributed by atoms with Gasteiger partial charge in [0.2, 0.25) is 0 Å². The highest BCUT2D eigenvalue weighted by molar-refractivity contribution is 7.93. The fraction of sp³-hybridized carbons (Fsp3) is 0.231. The van der Waals surface area contributed by atoms with Crippen molar-refractivity contribution in [3.8, 4) is 5.75 Å². The van der Waals surface area contributed by atoms with E-state index in [-0.39, 0.29) is 20.2 Å².